The summed E-state index contributed by atoms with van der Waals surface area (Å²) in [6, 6.07) is 14.6. The zero-order valence-electron chi connectivity index (χ0n) is 14.0. The smallest absolute Gasteiger partial charge is 0.251 e. The van der Waals surface area contributed by atoms with Gasteiger partial charge in [-0.1, -0.05) is 43.3 Å². The number of amides is 1. The molecule has 0 radical (unpaired) electrons. The van der Waals surface area contributed by atoms with Gasteiger partial charge in [0.1, 0.15) is 0 Å². The molecule has 2 aromatic rings. The number of nitrogens with one attached hydrogen (secondary N) is 2. The Morgan fingerprint density at radius 2 is 1.84 bits per heavy atom. The van der Waals surface area contributed by atoms with Crippen molar-refractivity contribution >= 4 is 15.9 Å². The first-order chi connectivity index (χ1) is 12.0. The van der Waals surface area contributed by atoms with E-state index in [0.29, 0.717) is 6.42 Å². The molecule has 7 heteroatoms. The van der Waals surface area contributed by atoms with Gasteiger partial charge in [-0.05, 0) is 30.2 Å². The van der Waals surface area contributed by atoms with Crippen molar-refractivity contribution in [3.63, 3.8) is 0 Å². The van der Waals surface area contributed by atoms with Crippen molar-refractivity contribution < 1.29 is 18.3 Å². The third kappa shape index (κ3) is 5.38. The molecule has 2 rings (SSSR count). The Hall–Kier alpha value is -2.22. The van der Waals surface area contributed by atoms with E-state index in [1.54, 1.807) is 0 Å². The van der Waals surface area contributed by atoms with Gasteiger partial charge in [0.25, 0.3) is 5.91 Å². The minimum absolute atomic E-state index is 0.0214. The number of hydrogen-bond acceptors (Lipinski definition) is 4. The van der Waals surface area contributed by atoms with Crippen molar-refractivity contribution in [1.29, 1.82) is 0 Å². The molecule has 0 saturated heterocycles. The molecular formula is C18H22N2O4S. The quantitative estimate of drug-likeness (QED) is 0.666. The van der Waals surface area contributed by atoms with Gasteiger partial charge in [0.05, 0.1) is 17.5 Å². The Morgan fingerprint density at radius 3 is 2.48 bits per heavy atom. The number of sulfonamides is 1. The third-order valence-corrected chi connectivity index (χ3v) is 5.16. The van der Waals surface area contributed by atoms with Gasteiger partial charge < -0.3 is 10.4 Å². The maximum Gasteiger partial charge on any atom is 0.251 e. The molecule has 0 aromatic heterocycles. The first-order valence-corrected chi connectivity index (χ1v) is 9.50. The molecule has 0 aliphatic rings. The minimum Gasteiger partial charge on any atom is -0.394 e. The fourth-order valence-corrected chi connectivity index (χ4v) is 3.27. The summed E-state index contributed by atoms with van der Waals surface area (Å²) in [7, 11) is -3.73. The van der Waals surface area contributed by atoms with Crippen LogP contribution in [0.15, 0.2) is 59.5 Å². The van der Waals surface area contributed by atoms with Gasteiger partial charge in [-0.25, -0.2) is 13.1 Å². The lowest BCUT2D eigenvalue weighted by molar-refractivity contribution is 0.0914. The van der Waals surface area contributed by atoms with Crippen molar-refractivity contribution in [2.75, 3.05) is 6.61 Å². The molecule has 1 unspecified atom stereocenters. The van der Waals surface area contributed by atoms with E-state index in [4.69, 9.17) is 5.11 Å². The normalized spacial score (nSPS) is 12.6. The Balaban J connectivity index is 2.12. The molecule has 0 aliphatic heterocycles. The van der Waals surface area contributed by atoms with Gasteiger partial charge in [-0.2, -0.15) is 0 Å². The lowest BCUT2D eigenvalue weighted by atomic mass is 10.2. The van der Waals surface area contributed by atoms with Gasteiger partial charge in [0.15, 0.2) is 0 Å². The van der Waals surface area contributed by atoms with Crippen molar-refractivity contribution in [3.8, 4) is 0 Å². The standard InChI is InChI=1S/C18H22N2O4S/c1-2-16(13-21)20-18(22)15-9-6-10-17(11-15)25(23,24)19-12-14-7-4-3-5-8-14/h3-11,16,19,21H,2,12-13H2,1H3,(H,20,22). The van der Waals surface area contributed by atoms with Crippen LogP contribution in [0.4, 0.5) is 0 Å². The first kappa shape index (κ1) is 19.1. The van der Waals surface area contributed by atoms with Crippen LogP contribution in [0.2, 0.25) is 0 Å². The molecule has 0 fully saturated rings. The van der Waals surface area contributed by atoms with Crippen LogP contribution >= 0.6 is 0 Å². The van der Waals surface area contributed by atoms with Gasteiger partial charge in [-0.15, -0.1) is 0 Å². The highest BCUT2D eigenvalue weighted by molar-refractivity contribution is 7.89. The summed E-state index contributed by atoms with van der Waals surface area (Å²) in [4.78, 5) is 12.2. The zero-order valence-corrected chi connectivity index (χ0v) is 14.8. The summed E-state index contributed by atoms with van der Waals surface area (Å²) in [6.07, 6.45) is 0.582. The predicted molar refractivity (Wildman–Crippen MR) is 95.5 cm³/mol. The van der Waals surface area contributed by atoms with E-state index in [1.807, 2.05) is 37.3 Å². The maximum atomic E-state index is 12.4. The van der Waals surface area contributed by atoms with Crippen LogP contribution in [0.1, 0.15) is 29.3 Å². The average Bonchev–Trinajstić information content (AvgIpc) is 2.65. The second-order valence-electron chi connectivity index (χ2n) is 5.60. The topological polar surface area (TPSA) is 95.5 Å². The summed E-state index contributed by atoms with van der Waals surface area (Å²) in [5.74, 6) is -0.416. The van der Waals surface area contributed by atoms with Gasteiger partial charge in [-0.3, -0.25) is 4.79 Å². The number of aliphatic hydroxyl groups excluding tert-OH is 1. The summed E-state index contributed by atoms with van der Waals surface area (Å²) in [5, 5.41) is 11.8. The van der Waals surface area contributed by atoms with Crippen LogP contribution < -0.4 is 10.0 Å². The molecule has 1 amide bonds. The van der Waals surface area contributed by atoms with E-state index < -0.39 is 15.9 Å². The van der Waals surface area contributed by atoms with Crippen molar-refractivity contribution in [1.82, 2.24) is 10.0 Å². The van der Waals surface area contributed by atoms with Crippen LogP contribution in [0, 0.1) is 0 Å². The van der Waals surface area contributed by atoms with Crippen LogP contribution in [-0.2, 0) is 16.6 Å². The second-order valence-corrected chi connectivity index (χ2v) is 7.37. The van der Waals surface area contributed by atoms with Gasteiger partial charge in [0, 0.05) is 12.1 Å². The maximum absolute atomic E-state index is 12.4. The predicted octanol–water partition coefficient (Wildman–Crippen LogP) is 1.67. The number of rotatable bonds is 8. The summed E-state index contributed by atoms with van der Waals surface area (Å²) in [6.45, 7) is 1.84. The Kier molecular flexibility index (Phi) is 6.69. The minimum atomic E-state index is -3.73. The number of aliphatic hydroxyl groups is 1. The highest BCUT2D eigenvalue weighted by Gasteiger charge is 2.17. The molecule has 134 valence electrons. The number of carbonyl (C=O) groups excluding carboxylic acids is 1. The number of benzene rings is 2. The zero-order chi connectivity index (χ0) is 18.3. The van der Waals surface area contributed by atoms with E-state index in [-0.39, 0.29) is 29.7 Å². The summed E-state index contributed by atoms with van der Waals surface area (Å²) in [5.41, 5.74) is 1.07. The highest BCUT2D eigenvalue weighted by atomic mass is 32.2. The van der Waals surface area contributed by atoms with Crippen molar-refractivity contribution in [2.24, 2.45) is 0 Å². The average molecular weight is 362 g/mol. The van der Waals surface area contributed by atoms with Crippen molar-refractivity contribution in [3.05, 3.63) is 65.7 Å². The van der Waals surface area contributed by atoms with E-state index >= 15 is 0 Å². The molecule has 0 saturated carbocycles. The Morgan fingerprint density at radius 1 is 1.12 bits per heavy atom. The molecule has 1 atom stereocenters. The monoisotopic (exact) mass is 362 g/mol. The Labute approximate surface area is 147 Å². The van der Waals surface area contributed by atoms with Crippen molar-refractivity contribution in [2.45, 2.75) is 30.8 Å². The summed E-state index contributed by atoms with van der Waals surface area (Å²) >= 11 is 0. The molecule has 3 N–H and O–H groups in total. The van der Waals surface area contributed by atoms with Crippen LogP contribution in [0.5, 0.6) is 0 Å². The fourth-order valence-electron chi connectivity index (χ4n) is 2.21. The number of hydrogen-bond donors (Lipinski definition) is 3. The fraction of sp³-hybridized carbons (Fsp3) is 0.278. The van der Waals surface area contributed by atoms with E-state index in [2.05, 4.69) is 10.0 Å². The second kappa shape index (κ2) is 8.75. The molecule has 6 nitrogen and oxygen atoms in total. The molecule has 0 spiro atoms. The molecular weight excluding hydrogens is 340 g/mol. The lowest BCUT2D eigenvalue weighted by Gasteiger charge is -2.14. The first-order valence-electron chi connectivity index (χ1n) is 8.01. The lowest BCUT2D eigenvalue weighted by Crippen LogP contribution is -2.37. The van der Waals surface area contributed by atoms with E-state index in [0.717, 1.165) is 5.56 Å². The highest BCUT2D eigenvalue weighted by Crippen LogP contribution is 2.13. The van der Waals surface area contributed by atoms with E-state index in [9.17, 15) is 13.2 Å². The molecule has 0 bridgehead atoms. The largest absolute Gasteiger partial charge is 0.394 e. The molecule has 0 heterocycles. The molecule has 2 aromatic carbocycles. The van der Waals surface area contributed by atoms with Crippen LogP contribution in [0.3, 0.4) is 0 Å². The Bertz CT molecular complexity index is 803. The van der Waals surface area contributed by atoms with Gasteiger partial charge >= 0.3 is 0 Å². The molecule has 25 heavy (non-hydrogen) atoms. The number of carbonyl (C=O) groups is 1. The molecule has 0 aliphatic carbocycles. The SMILES string of the molecule is CCC(CO)NC(=O)c1cccc(S(=O)(=O)NCc2ccccc2)c1. The van der Waals surface area contributed by atoms with Crippen LogP contribution in [-0.4, -0.2) is 32.1 Å². The van der Waals surface area contributed by atoms with Crippen LogP contribution in [0.25, 0.3) is 0 Å². The van der Waals surface area contributed by atoms with Gasteiger partial charge in [0.2, 0.25) is 10.0 Å². The van der Waals surface area contributed by atoms with E-state index in [1.165, 1.54) is 24.3 Å². The third-order valence-electron chi connectivity index (χ3n) is 3.76. The summed E-state index contributed by atoms with van der Waals surface area (Å²) < 4.78 is 27.4.